The van der Waals surface area contributed by atoms with Crippen LogP contribution in [0.25, 0.3) is 0 Å². The second kappa shape index (κ2) is 5.15. The lowest BCUT2D eigenvalue weighted by molar-refractivity contribution is -0.126. The van der Waals surface area contributed by atoms with Crippen molar-refractivity contribution in [2.45, 2.75) is 44.2 Å². The lowest BCUT2D eigenvalue weighted by atomic mass is 9.94. The molecule has 1 saturated heterocycles. The predicted molar refractivity (Wildman–Crippen MR) is 64.0 cm³/mol. The van der Waals surface area contributed by atoms with Gasteiger partial charge in [-0.3, -0.25) is 4.79 Å². The van der Waals surface area contributed by atoms with Gasteiger partial charge < -0.3 is 16.0 Å². The van der Waals surface area contributed by atoms with E-state index < -0.39 is 0 Å². The van der Waals surface area contributed by atoms with Gasteiger partial charge in [-0.25, -0.2) is 0 Å². The Morgan fingerprint density at radius 2 is 1.94 bits per heavy atom. The summed E-state index contributed by atoms with van der Waals surface area (Å²) in [5.74, 6) is 0.444. The Labute approximate surface area is 97.6 Å². The Kier molecular flexibility index (Phi) is 3.82. The summed E-state index contributed by atoms with van der Waals surface area (Å²) in [6.07, 6.45) is 5.56. The van der Waals surface area contributed by atoms with Crippen molar-refractivity contribution in [3.8, 4) is 0 Å². The maximum atomic E-state index is 11.5. The first kappa shape index (κ1) is 11.9. The number of hydrogen-bond donors (Lipinski definition) is 2. The summed E-state index contributed by atoms with van der Waals surface area (Å²) < 4.78 is 0. The molecule has 0 aromatic carbocycles. The minimum Gasteiger partial charge on any atom is -0.359 e. The fraction of sp³-hybridized carbons (Fsp3) is 0.917. The van der Waals surface area contributed by atoms with Gasteiger partial charge in [-0.15, -0.1) is 0 Å². The van der Waals surface area contributed by atoms with Gasteiger partial charge in [0.2, 0.25) is 5.91 Å². The highest BCUT2D eigenvalue weighted by atomic mass is 16.1. The summed E-state index contributed by atoms with van der Waals surface area (Å²) >= 11 is 0. The molecule has 1 heterocycles. The van der Waals surface area contributed by atoms with E-state index >= 15 is 0 Å². The molecule has 1 aliphatic heterocycles. The summed E-state index contributed by atoms with van der Waals surface area (Å²) in [4.78, 5) is 14.0. The monoisotopic (exact) mass is 225 g/mol. The SMILES string of the molecule is CNC(=O)C1CCN(C2CCC(N)C2)CC1. The van der Waals surface area contributed by atoms with Crippen LogP contribution < -0.4 is 11.1 Å². The molecule has 0 bridgehead atoms. The van der Waals surface area contributed by atoms with Gasteiger partial charge >= 0.3 is 0 Å². The van der Waals surface area contributed by atoms with Gasteiger partial charge in [0.1, 0.15) is 0 Å². The van der Waals surface area contributed by atoms with E-state index in [1.165, 1.54) is 12.8 Å². The Hall–Kier alpha value is -0.610. The Balaban J connectivity index is 1.79. The number of likely N-dealkylation sites (tertiary alicyclic amines) is 1. The number of carbonyl (C=O) groups is 1. The van der Waals surface area contributed by atoms with Crippen molar-refractivity contribution in [2.24, 2.45) is 11.7 Å². The second-order valence-corrected chi connectivity index (χ2v) is 5.15. The minimum absolute atomic E-state index is 0.211. The van der Waals surface area contributed by atoms with Gasteiger partial charge in [0.25, 0.3) is 0 Å². The van der Waals surface area contributed by atoms with Crippen molar-refractivity contribution in [1.82, 2.24) is 10.2 Å². The zero-order valence-corrected chi connectivity index (χ0v) is 10.1. The van der Waals surface area contributed by atoms with Gasteiger partial charge in [-0.1, -0.05) is 0 Å². The van der Waals surface area contributed by atoms with Crippen LogP contribution in [-0.2, 0) is 4.79 Å². The van der Waals surface area contributed by atoms with Crippen molar-refractivity contribution in [3.05, 3.63) is 0 Å². The maximum absolute atomic E-state index is 11.5. The van der Waals surface area contributed by atoms with Crippen LogP contribution in [0, 0.1) is 5.92 Å². The Morgan fingerprint density at radius 3 is 2.44 bits per heavy atom. The van der Waals surface area contributed by atoms with E-state index in [2.05, 4.69) is 10.2 Å². The molecule has 0 aromatic rings. The molecular weight excluding hydrogens is 202 g/mol. The highest BCUT2D eigenvalue weighted by molar-refractivity contribution is 5.78. The third kappa shape index (κ3) is 2.55. The minimum atomic E-state index is 0.211. The maximum Gasteiger partial charge on any atom is 0.222 e. The van der Waals surface area contributed by atoms with Crippen LogP contribution in [0.5, 0.6) is 0 Å². The fourth-order valence-corrected chi connectivity index (χ4v) is 3.05. The van der Waals surface area contributed by atoms with Crippen LogP contribution >= 0.6 is 0 Å². The summed E-state index contributed by atoms with van der Waals surface area (Å²) in [6, 6.07) is 1.09. The molecule has 0 radical (unpaired) electrons. The molecule has 1 amide bonds. The molecule has 2 rings (SSSR count). The normalized spacial score (nSPS) is 32.9. The molecule has 4 nitrogen and oxygen atoms in total. The molecule has 1 aliphatic carbocycles. The molecule has 1 saturated carbocycles. The Bertz CT molecular complexity index is 249. The number of rotatable bonds is 2. The standard InChI is InChI=1S/C12H23N3O/c1-14-12(16)9-4-6-15(7-5-9)11-3-2-10(13)8-11/h9-11H,2-8,13H2,1H3,(H,14,16). The number of carbonyl (C=O) groups excluding carboxylic acids is 1. The number of nitrogens with zero attached hydrogens (tertiary/aromatic N) is 1. The highest BCUT2D eigenvalue weighted by Gasteiger charge is 2.31. The number of hydrogen-bond acceptors (Lipinski definition) is 3. The summed E-state index contributed by atoms with van der Waals surface area (Å²) in [6.45, 7) is 2.13. The third-order valence-corrected chi connectivity index (χ3v) is 4.11. The second-order valence-electron chi connectivity index (χ2n) is 5.15. The van der Waals surface area contributed by atoms with Gasteiger partial charge in [-0.05, 0) is 45.2 Å². The van der Waals surface area contributed by atoms with Gasteiger partial charge in [-0.2, -0.15) is 0 Å². The molecule has 3 N–H and O–H groups in total. The molecule has 4 heteroatoms. The Morgan fingerprint density at radius 1 is 1.25 bits per heavy atom. The topological polar surface area (TPSA) is 58.4 Å². The van der Waals surface area contributed by atoms with E-state index in [9.17, 15) is 4.79 Å². The quantitative estimate of drug-likeness (QED) is 0.712. The van der Waals surface area contributed by atoms with Crippen molar-refractivity contribution in [2.75, 3.05) is 20.1 Å². The summed E-state index contributed by atoms with van der Waals surface area (Å²) in [5, 5.41) is 2.75. The number of nitrogens with two attached hydrogens (primary N) is 1. The number of nitrogens with one attached hydrogen (secondary N) is 1. The summed E-state index contributed by atoms with van der Waals surface area (Å²) in [7, 11) is 1.73. The van der Waals surface area contributed by atoms with Crippen molar-refractivity contribution in [1.29, 1.82) is 0 Å². The first-order chi connectivity index (χ1) is 7.70. The van der Waals surface area contributed by atoms with E-state index in [4.69, 9.17) is 5.73 Å². The molecule has 0 aromatic heterocycles. The largest absolute Gasteiger partial charge is 0.359 e. The van der Waals surface area contributed by atoms with E-state index in [1.807, 2.05) is 0 Å². The zero-order valence-electron chi connectivity index (χ0n) is 10.1. The average molecular weight is 225 g/mol. The zero-order chi connectivity index (χ0) is 11.5. The number of amides is 1. The molecule has 2 fully saturated rings. The molecule has 0 spiro atoms. The first-order valence-corrected chi connectivity index (χ1v) is 6.42. The number of piperidine rings is 1. The van der Waals surface area contributed by atoms with Crippen LogP contribution in [0.4, 0.5) is 0 Å². The fourth-order valence-electron chi connectivity index (χ4n) is 3.05. The molecule has 92 valence electrons. The lowest BCUT2D eigenvalue weighted by Crippen LogP contribution is -2.44. The van der Waals surface area contributed by atoms with E-state index in [-0.39, 0.29) is 11.8 Å². The van der Waals surface area contributed by atoms with Crippen LogP contribution in [0.15, 0.2) is 0 Å². The van der Waals surface area contributed by atoms with Crippen molar-refractivity contribution < 1.29 is 4.79 Å². The molecular formula is C12H23N3O. The third-order valence-electron chi connectivity index (χ3n) is 4.11. The van der Waals surface area contributed by atoms with Crippen LogP contribution in [-0.4, -0.2) is 43.0 Å². The smallest absolute Gasteiger partial charge is 0.222 e. The average Bonchev–Trinajstić information content (AvgIpc) is 2.75. The van der Waals surface area contributed by atoms with Gasteiger partial charge in [0, 0.05) is 25.0 Å². The van der Waals surface area contributed by atoms with Crippen LogP contribution in [0.2, 0.25) is 0 Å². The molecule has 16 heavy (non-hydrogen) atoms. The molecule has 2 atom stereocenters. The highest BCUT2D eigenvalue weighted by Crippen LogP contribution is 2.27. The van der Waals surface area contributed by atoms with Crippen molar-refractivity contribution in [3.63, 3.8) is 0 Å². The van der Waals surface area contributed by atoms with E-state index in [0.29, 0.717) is 12.1 Å². The first-order valence-electron chi connectivity index (χ1n) is 6.42. The van der Waals surface area contributed by atoms with Gasteiger partial charge in [0.15, 0.2) is 0 Å². The molecule has 2 aliphatic rings. The predicted octanol–water partition coefficient (Wildman–Crippen LogP) is 0.324. The summed E-state index contributed by atoms with van der Waals surface area (Å²) in [5.41, 5.74) is 5.94. The van der Waals surface area contributed by atoms with Gasteiger partial charge in [0.05, 0.1) is 0 Å². The molecule has 2 unspecified atom stereocenters. The van der Waals surface area contributed by atoms with Crippen LogP contribution in [0.3, 0.4) is 0 Å². The van der Waals surface area contributed by atoms with Crippen molar-refractivity contribution >= 4 is 5.91 Å². The van der Waals surface area contributed by atoms with Crippen LogP contribution in [0.1, 0.15) is 32.1 Å². The van der Waals surface area contributed by atoms with E-state index in [1.54, 1.807) is 7.05 Å². The lowest BCUT2D eigenvalue weighted by Gasteiger charge is -2.35. The van der Waals surface area contributed by atoms with E-state index in [0.717, 1.165) is 32.4 Å².